The lowest BCUT2D eigenvalue weighted by molar-refractivity contribution is 0.0929. The Hall–Kier alpha value is -3.12. The third-order valence-electron chi connectivity index (χ3n) is 3.37. The maximum atomic E-state index is 12.1. The van der Waals surface area contributed by atoms with E-state index in [4.69, 9.17) is 9.15 Å². The quantitative estimate of drug-likeness (QED) is 0.558. The zero-order valence-corrected chi connectivity index (χ0v) is 13.0. The van der Waals surface area contributed by atoms with Gasteiger partial charge in [-0.2, -0.15) is 5.10 Å². The number of hydrogen-bond donors (Lipinski definition) is 2. The first-order chi connectivity index (χ1) is 11.7. The summed E-state index contributed by atoms with van der Waals surface area (Å²) in [6.45, 7) is 0.514. The van der Waals surface area contributed by atoms with Gasteiger partial charge in [0.1, 0.15) is 11.3 Å². The lowest BCUT2D eigenvalue weighted by Crippen LogP contribution is -2.16. The molecule has 2 aromatic carbocycles. The number of hydrazone groups is 1. The summed E-state index contributed by atoms with van der Waals surface area (Å²) in [5.41, 5.74) is 4.80. The third-order valence-corrected chi connectivity index (χ3v) is 3.37. The Kier molecular flexibility index (Phi) is 4.58. The first kappa shape index (κ1) is 15.8. The topological polar surface area (TPSA) is 84.1 Å². The molecule has 2 N–H and O–H groups in total. The van der Waals surface area contributed by atoms with Crippen molar-refractivity contribution in [1.82, 2.24) is 5.43 Å². The molecule has 0 aliphatic heterocycles. The van der Waals surface area contributed by atoms with Crippen LogP contribution >= 0.6 is 0 Å². The van der Waals surface area contributed by atoms with E-state index in [0.717, 1.165) is 11.1 Å². The molecular weight excluding hydrogens is 308 g/mol. The van der Waals surface area contributed by atoms with Crippen LogP contribution in [0.5, 0.6) is 5.75 Å². The van der Waals surface area contributed by atoms with E-state index in [9.17, 15) is 9.90 Å². The van der Waals surface area contributed by atoms with Gasteiger partial charge in [-0.3, -0.25) is 4.79 Å². The number of fused-ring (bicyclic) bond motifs is 1. The molecular formula is C18H16N2O4. The van der Waals surface area contributed by atoms with Gasteiger partial charge in [0.2, 0.25) is 0 Å². The van der Waals surface area contributed by atoms with Crippen LogP contribution < -0.4 is 5.43 Å². The third kappa shape index (κ3) is 3.61. The summed E-state index contributed by atoms with van der Waals surface area (Å²) in [6, 6.07) is 13.8. The summed E-state index contributed by atoms with van der Waals surface area (Å²) in [4.78, 5) is 12.1. The Morgan fingerprint density at radius 1 is 1.29 bits per heavy atom. The number of furan rings is 1. The summed E-state index contributed by atoms with van der Waals surface area (Å²) in [5, 5.41) is 14.0. The van der Waals surface area contributed by atoms with Gasteiger partial charge in [0, 0.05) is 12.5 Å². The number of nitrogens with zero attached hydrogens (tertiary/aromatic N) is 1. The van der Waals surface area contributed by atoms with Gasteiger partial charge in [-0.05, 0) is 41.5 Å². The smallest absolute Gasteiger partial charge is 0.307 e. The minimum Gasteiger partial charge on any atom is -0.508 e. The van der Waals surface area contributed by atoms with Crippen molar-refractivity contribution in [2.75, 3.05) is 7.11 Å². The number of carbonyl (C=O) groups is 1. The first-order valence-corrected chi connectivity index (χ1v) is 7.29. The summed E-state index contributed by atoms with van der Waals surface area (Å²) in [5.74, 6) is -0.222. The van der Waals surface area contributed by atoms with Crippen LogP contribution in [0.4, 0.5) is 0 Å². The van der Waals surface area contributed by atoms with E-state index in [1.54, 1.807) is 25.5 Å². The second kappa shape index (κ2) is 6.97. The number of carbonyl (C=O) groups excluding carboxylic acids is 1. The van der Waals surface area contributed by atoms with Gasteiger partial charge in [0.05, 0.1) is 12.8 Å². The molecule has 0 atom stereocenters. The number of benzene rings is 2. The number of phenolic OH excluding ortho intramolecular Hbond substituents is 1. The molecule has 0 unspecified atom stereocenters. The van der Waals surface area contributed by atoms with E-state index in [0.29, 0.717) is 17.6 Å². The molecule has 0 saturated carbocycles. The SMILES string of the molecule is COCc1cccc(C=NNC(=O)c2cc3cc(O)ccc3o2)c1. The number of methoxy groups -OCH3 is 1. The molecule has 3 aromatic rings. The molecule has 0 aliphatic rings. The lowest BCUT2D eigenvalue weighted by Gasteiger charge is -2.00. The monoisotopic (exact) mass is 324 g/mol. The van der Waals surface area contributed by atoms with Crippen molar-refractivity contribution in [3.8, 4) is 5.75 Å². The van der Waals surface area contributed by atoms with Gasteiger partial charge in [-0.1, -0.05) is 18.2 Å². The van der Waals surface area contributed by atoms with Gasteiger partial charge in [-0.15, -0.1) is 0 Å². The van der Waals surface area contributed by atoms with Gasteiger partial charge in [0.15, 0.2) is 5.76 Å². The average Bonchev–Trinajstić information content (AvgIpc) is 2.98. The van der Waals surface area contributed by atoms with Crippen LogP contribution in [0.25, 0.3) is 11.0 Å². The van der Waals surface area contributed by atoms with Crippen LogP contribution in [-0.2, 0) is 11.3 Å². The predicted octanol–water partition coefficient (Wildman–Crippen LogP) is 3.05. The molecule has 0 saturated heterocycles. The maximum absolute atomic E-state index is 12.1. The Morgan fingerprint density at radius 2 is 2.17 bits per heavy atom. The van der Waals surface area contributed by atoms with E-state index in [2.05, 4.69) is 10.5 Å². The summed E-state index contributed by atoms with van der Waals surface area (Å²) >= 11 is 0. The highest BCUT2D eigenvalue weighted by atomic mass is 16.5. The van der Waals surface area contributed by atoms with Crippen molar-refractivity contribution >= 4 is 23.1 Å². The summed E-state index contributed by atoms with van der Waals surface area (Å²) in [6.07, 6.45) is 1.55. The number of aromatic hydroxyl groups is 1. The van der Waals surface area contributed by atoms with Gasteiger partial charge < -0.3 is 14.3 Å². The fraction of sp³-hybridized carbons (Fsp3) is 0.111. The molecule has 1 heterocycles. The van der Waals surface area contributed by atoms with Crippen molar-refractivity contribution in [2.24, 2.45) is 5.10 Å². The zero-order chi connectivity index (χ0) is 16.9. The number of hydrogen-bond acceptors (Lipinski definition) is 5. The molecule has 1 amide bonds. The molecule has 3 rings (SSSR count). The molecule has 24 heavy (non-hydrogen) atoms. The molecule has 1 aromatic heterocycles. The molecule has 0 fully saturated rings. The van der Waals surface area contributed by atoms with Crippen LogP contribution in [0.2, 0.25) is 0 Å². The number of ether oxygens (including phenoxy) is 1. The minimum absolute atomic E-state index is 0.115. The van der Waals surface area contributed by atoms with Crippen molar-refractivity contribution < 1.29 is 19.1 Å². The number of phenols is 1. The maximum Gasteiger partial charge on any atom is 0.307 e. The van der Waals surface area contributed by atoms with Crippen molar-refractivity contribution in [2.45, 2.75) is 6.61 Å². The highest BCUT2D eigenvalue weighted by molar-refractivity contribution is 5.96. The molecule has 0 aliphatic carbocycles. The second-order valence-corrected chi connectivity index (χ2v) is 5.21. The Morgan fingerprint density at radius 3 is 3.00 bits per heavy atom. The van der Waals surface area contributed by atoms with Gasteiger partial charge >= 0.3 is 5.91 Å². The molecule has 0 spiro atoms. The van der Waals surface area contributed by atoms with Gasteiger partial charge in [0.25, 0.3) is 0 Å². The van der Waals surface area contributed by atoms with Crippen molar-refractivity contribution in [3.63, 3.8) is 0 Å². The first-order valence-electron chi connectivity index (χ1n) is 7.29. The van der Waals surface area contributed by atoms with Crippen LogP contribution in [-0.4, -0.2) is 24.3 Å². The number of nitrogens with one attached hydrogen (secondary N) is 1. The summed E-state index contributed by atoms with van der Waals surface area (Å²) < 4.78 is 10.5. The fourth-order valence-corrected chi connectivity index (χ4v) is 2.29. The zero-order valence-electron chi connectivity index (χ0n) is 13.0. The minimum atomic E-state index is -0.463. The van der Waals surface area contributed by atoms with E-state index < -0.39 is 5.91 Å². The van der Waals surface area contributed by atoms with Crippen LogP contribution in [0.1, 0.15) is 21.7 Å². The van der Waals surface area contributed by atoms with Crippen LogP contribution in [0.15, 0.2) is 58.0 Å². The Bertz CT molecular complexity index is 899. The molecule has 6 heteroatoms. The van der Waals surface area contributed by atoms with Crippen molar-refractivity contribution in [1.29, 1.82) is 0 Å². The summed E-state index contributed by atoms with van der Waals surface area (Å²) in [7, 11) is 1.63. The molecule has 0 bridgehead atoms. The largest absolute Gasteiger partial charge is 0.508 e. The van der Waals surface area contributed by atoms with E-state index >= 15 is 0 Å². The Balaban J connectivity index is 1.68. The van der Waals surface area contributed by atoms with E-state index in [-0.39, 0.29) is 11.5 Å². The Labute approximate surface area is 138 Å². The molecule has 6 nitrogen and oxygen atoms in total. The standard InChI is InChI=1S/C18H16N2O4/c1-23-11-13-4-2-3-12(7-13)10-19-20-18(22)17-9-14-8-15(21)5-6-16(14)24-17/h2-10,21H,11H2,1H3,(H,20,22). The second-order valence-electron chi connectivity index (χ2n) is 5.21. The average molecular weight is 324 g/mol. The lowest BCUT2D eigenvalue weighted by atomic mass is 10.1. The van der Waals surface area contributed by atoms with Crippen LogP contribution in [0, 0.1) is 0 Å². The predicted molar refractivity (Wildman–Crippen MR) is 90.1 cm³/mol. The molecule has 0 radical (unpaired) electrons. The number of amides is 1. The number of rotatable bonds is 5. The van der Waals surface area contributed by atoms with Crippen LogP contribution in [0.3, 0.4) is 0 Å². The molecule has 122 valence electrons. The highest BCUT2D eigenvalue weighted by Gasteiger charge is 2.11. The van der Waals surface area contributed by atoms with Crippen molar-refractivity contribution in [3.05, 3.63) is 65.4 Å². The fourth-order valence-electron chi connectivity index (χ4n) is 2.29. The normalized spacial score (nSPS) is 11.2. The van der Waals surface area contributed by atoms with E-state index in [1.165, 1.54) is 12.1 Å². The van der Waals surface area contributed by atoms with Gasteiger partial charge in [-0.25, -0.2) is 5.43 Å². The highest BCUT2D eigenvalue weighted by Crippen LogP contribution is 2.23. The van der Waals surface area contributed by atoms with E-state index in [1.807, 2.05) is 24.3 Å².